The molecule has 3 rings (SSSR count). The van der Waals surface area contributed by atoms with Crippen molar-refractivity contribution in [3.05, 3.63) is 108 Å². The fourth-order valence-electron chi connectivity index (χ4n) is 2.67. The minimum Gasteiger partial charge on any atom is -0.457 e. The van der Waals surface area contributed by atoms with Crippen molar-refractivity contribution in [3.63, 3.8) is 0 Å². The Balaban J connectivity index is 1.70. The fraction of sp³-hybridized carbons (Fsp3) is 0.0500. The number of esters is 1. The lowest BCUT2D eigenvalue weighted by atomic mass is 10.2. The molecule has 3 aromatic carbocycles. The molecule has 0 heterocycles. The molecule has 0 fully saturated rings. The molecule has 0 radical (unpaired) electrons. The van der Waals surface area contributed by atoms with E-state index in [1.807, 2.05) is 0 Å². The van der Waals surface area contributed by atoms with Gasteiger partial charge in [0.1, 0.15) is 12.4 Å². The van der Waals surface area contributed by atoms with Crippen LogP contribution in [0.2, 0.25) is 0 Å². The van der Waals surface area contributed by atoms with E-state index in [-0.39, 0.29) is 34.9 Å². The molecule has 0 unspecified atom stereocenters. The summed E-state index contributed by atoms with van der Waals surface area (Å²) in [4.78, 5) is 43.1. The Morgan fingerprint density at radius 3 is 2.06 bits per heavy atom. The average molecular weight is 439 g/mol. The number of hydrogen-bond acceptors (Lipinski definition) is 9. The molecular weight excluding hydrogens is 426 g/mol. The zero-order chi connectivity index (χ0) is 23.3. The van der Waals surface area contributed by atoms with E-state index in [2.05, 4.69) is 0 Å². The highest BCUT2D eigenvalue weighted by Crippen LogP contribution is 2.34. The third-order valence-electron chi connectivity index (χ3n) is 4.21. The molecule has 0 aliphatic carbocycles. The second-order valence-electron chi connectivity index (χ2n) is 6.25. The molecular formula is C20H13N3O9. The number of hydrogen-bond donors (Lipinski definition) is 0. The number of benzene rings is 3. The summed E-state index contributed by atoms with van der Waals surface area (Å²) in [7, 11) is 0. The molecule has 0 saturated carbocycles. The van der Waals surface area contributed by atoms with E-state index < -0.39 is 32.1 Å². The van der Waals surface area contributed by atoms with Gasteiger partial charge in [0.2, 0.25) is 5.75 Å². The summed E-state index contributed by atoms with van der Waals surface area (Å²) in [6.45, 7) is -0.302. The third-order valence-corrected chi connectivity index (χ3v) is 4.21. The van der Waals surface area contributed by atoms with E-state index in [0.717, 1.165) is 18.2 Å². The molecule has 0 spiro atoms. The number of non-ortho nitro benzene ring substituents is 1. The summed E-state index contributed by atoms with van der Waals surface area (Å²) in [6.07, 6.45) is 0. The zero-order valence-corrected chi connectivity index (χ0v) is 16.1. The van der Waals surface area contributed by atoms with Crippen LogP contribution in [0.4, 0.5) is 17.1 Å². The van der Waals surface area contributed by atoms with Gasteiger partial charge < -0.3 is 9.47 Å². The van der Waals surface area contributed by atoms with Crippen LogP contribution in [0.1, 0.15) is 15.9 Å². The monoisotopic (exact) mass is 439 g/mol. The molecule has 0 saturated heterocycles. The summed E-state index contributed by atoms with van der Waals surface area (Å²) < 4.78 is 10.5. The maximum absolute atomic E-state index is 12.2. The van der Waals surface area contributed by atoms with Crippen LogP contribution >= 0.6 is 0 Å². The number of rotatable bonds is 8. The number of nitrogens with zero attached hydrogens (tertiary/aromatic N) is 3. The average Bonchev–Trinajstić information content (AvgIpc) is 2.78. The molecule has 0 amide bonds. The van der Waals surface area contributed by atoms with Gasteiger partial charge >= 0.3 is 11.7 Å². The molecule has 0 N–H and O–H groups in total. The Bertz CT molecular complexity index is 1210. The van der Waals surface area contributed by atoms with Gasteiger partial charge in [-0.05, 0) is 36.4 Å². The topological polar surface area (TPSA) is 165 Å². The molecule has 3 aromatic rings. The van der Waals surface area contributed by atoms with Crippen LogP contribution in [0, 0.1) is 30.3 Å². The van der Waals surface area contributed by atoms with Crippen LogP contribution in [-0.4, -0.2) is 20.7 Å². The Hall–Kier alpha value is -4.87. The van der Waals surface area contributed by atoms with E-state index in [1.54, 1.807) is 6.07 Å². The minimum absolute atomic E-state index is 0.120. The number of carbonyl (C=O) groups excluding carboxylic acids is 1. The lowest BCUT2D eigenvalue weighted by molar-refractivity contribution is -0.394. The largest absolute Gasteiger partial charge is 0.457 e. The van der Waals surface area contributed by atoms with Gasteiger partial charge in [-0.2, -0.15) is 0 Å². The summed E-state index contributed by atoms with van der Waals surface area (Å²) in [6, 6.07) is 14.2. The van der Waals surface area contributed by atoms with Gasteiger partial charge in [-0.15, -0.1) is 0 Å². The van der Waals surface area contributed by atoms with Crippen molar-refractivity contribution in [3.8, 4) is 11.5 Å². The highest BCUT2D eigenvalue weighted by molar-refractivity contribution is 5.89. The Kier molecular flexibility index (Phi) is 6.34. The number of nitro groups is 3. The van der Waals surface area contributed by atoms with Crippen LogP contribution in [0.5, 0.6) is 11.5 Å². The Morgan fingerprint density at radius 2 is 1.44 bits per heavy atom. The normalized spacial score (nSPS) is 10.2. The third kappa shape index (κ3) is 4.99. The van der Waals surface area contributed by atoms with Gasteiger partial charge in [0.25, 0.3) is 11.4 Å². The van der Waals surface area contributed by atoms with Crippen molar-refractivity contribution in [2.75, 3.05) is 0 Å². The van der Waals surface area contributed by atoms with Gasteiger partial charge in [0.05, 0.1) is 32.0 Å². The van der Waals surface area contributed by atoms with Crippen molar-refractivity contribution < 1.29 is 29.0 Å². The molecule has 0 atom stereocenters. The first-order chi connectivity index (χ1) is 15.3. The Labute approximate surface area is 179 Å². The van der Waals surface area contributed by atoms with Gasteiger partial charge in [0, 0.05) is 12.1 Å². The van der Waals surface area contributed by atoms with Crippen LogP contribution < -0.4 is 4.74 Å². The van der Waals surface area contributed by atoms with E-state index in [9.17, 15) is 35.1 Å². The number of nitro benzene ring substituents is 3. The van der Waals surface area contributed by atoms with Gasteiger partial charge in [-0.1, -0.05) is 12.1 Å². The smallest absolute Gasteiger partial charge is 0.338 e. The second-order valence-corrected chi connectivity index (χ2v) is 6.25. The summed E-state index contributed by atoms with van der Waals surface area (Å²) in [5, 5.41) is 33.0. The molecule has 0 aliphatic heterocycles. The van der Waals surface area contributed by atoms with Crippen LogP contribution in [0.15, 0.2) is 66.7 Å². The summed E-state index contributed by atoms with van der Waals surface area (Å²) in [5.74, 6) is -0.819. The van der Waals surface area contributed by atoms with Gasteiger partial charge in [-0.3, -0.25) is 30.3 Å². The quantitative estimate of drug-likeness (QED) is 0.278. The van der Waals surface area contributed by atoms with E-state index in [0.29, 0.717) is 0 Å². The van der Waals surface area contributed by atoms with Crippen molar-refractivity contribution >= 4 is 23.0 Å². The molecule has 162 valence electrons. The maximum Gasteiger partial charge on any atom is 0.338 e. The predicted octanol–water partition coefficient (Wildman–Crippen LogP) is 4.56. The Morgan fingerprint density at radius 1 is 0.781 bits per heavy atom. The van der Waals surface area contributed by atoms with E-state index >= 15 is 0 Å². The highest BCUT2D eigenvalue weighted by atomic mass is 16.6. The van der Waals surface area contributed by atoms with Crippen LogP contribution in [-0.2, 0) is 11.3 Å². The first-order valence-corrected chi connectivity index (χ1v) is 8.86. The molecule has 0 aliphatic rings. The van der Waals surface area contributed by atoms with Crippen molar-refractivity contribution in [2.45, 2.75) is 6.61 Å². The highest BCUT2D eigenvalue weighted by Gasteiger charge is 2.21. The second kappa shape index (κ2) is 9.30. The first kappa shape index (κ1) is 21.8. The van der Waals surface area contributed by atoms with E-state index in [4.69, 9.17) is 9.47 Å². The van der Waals surface area contributed by atoms with Crippen molar-refractivity contribution in [2.24, 2.45) is 0 Å². The number of ether oxygens (including phenoxy) is 2. The summed E-state index contributed by atoms with van der Waals surface area (Å²) >= 11 is 0. The SMILES string of the molecule is O=C(OCc1ccccc1[N+](=O)[O-])c1ccc(Oc2ccc([N+](=O)[O-])cc2[N+](=O)[O-])cc1. The maximum atomic E-state index is 12.2. The molecule has 32 heavy (non-hydrogen) atoms. The minimum atomic E-state index is -0.809. The summed E-state index contributed by atoms with van der Waals surface area (Å²) in [5.41, 5.74) is -0.868. The van der Waals surface area contributed by atoms with Crippen LogP contribution in [0.3, 0.4) is 0 Å². The fourth-order valence-corrected chi connectivity index (χ4v) is 2.67. The molecule has 12 nitrogen and oxygen atoms in total. The lowest BCUT2D eigenvalue weighted by Crippen LogP contribution is -2.06. The standard InChI is InChI=1S/C20H13N3O9/c24-20(31-12-14-3-1-2-4-17(14)22(27)28)13-5-8-16(9-6-13)32-19-10-7-15(21(25)26)11-18(19)23(29)30/h1-11H,12H2. The van der Waals surface area contributed by atoms with Gasteiger partial charge in [-0.25, -0.2) is 4.79 Å². The first-order valence-electron chi connectivity index (χ1n) is 8.86. The number of carbonyl (C=O) groups is 1. The van der Waals surface area contributed by atoms with Crippen LogP contribution in [0.25, 0.3) is 0 Å². The van der Waals surface area contributed by atoms with Crippen molar-refractivity contribution in [1.29, 1.82) is 0 Å². The van der Waals surface area contributed by atoms with E-state index in [1.165, 1.54) is 42.5 Å². The lowest BCUT2D eigenvalue weighted by Gasteiger charge is -2.08. The van der Waals surface area contributed by atoms with Gasteiger partial charge in [0.15, 0.2) is 0 Å². The molecule has 12 heteroatoms. The number of para-hydroxylation sites is 1. The molecule has 0 aromatic heterocycles. The predicted molar refractivity (Wildman–Crippen MR) is 108 cm³/mol. The zero-order valence-electron chi connectivity index (χ0n) is 16.1. The molecule has 0 bridgehead atoms. The van der Waals surface area contributed by atoms with Crippen molar-refractivity contribution in [1.82, 2.24) is 0 Å².